The van der Waals surface area contributed by atoms with Gasteiger partial charge >= 0.3 is 0 Å². The summed E-state index contributed by atoms with van der Waals surface area (Å²) in [6.07, 6.45) is 0. The molecule has 0 spiro atoms. The fourth-order valence-corrected chi connectivity index (χ4v) is 3.29. The van der Waals surface area contributed by atoms with Crippen LogP contribution >= 0.6 is 38.5 Å². The molecule has 0 saturated carbocycles. The fraction of sp³-hybridized carbons (Fsp3) is 0. The Morgan fingerprint density at radius 1 is 1.46 bits per heavy atom. The monoisotopic (exact) mass is 379 g/mol. The van der Waals surface area contributed by atoms with Crippen LogP contribution in [-0.2, 0) is 10.0 Å². The summed E-state index contributed by atoms with van der Waals surface area (Å²) in [5.74, 6) is -0.838. The van der Waals surface area contributed by atoms with Crippen molar-refractivity contribution in [2.45, 2.75) is 4.90 Å². The number of primary sulfonamides is 1. The molecule has 7 heteroatoms. The summed E-state index contributed by atoms with van der Waals surface area (Å²) in [4.78, 5) is -0.470. The average molecular weight is 380 g/mol. The largest absolute Gasteiger partial charge is 0.242 e. The zero-order valence-corrected chi connectivity index (χ0v) is 10.7. The molecule has 3 nitrogen and oxygen atoms in total. The molecule has 0 atom stereocenters. The smallest absolute Gasteiger partial charge is 0.225 e. The summed E-state index contributed by atoms with van der Waals surface area (Å²) in [6.45, 7) is 0. The molecule has 0 radical (unpaired) electrons. The Morgan fingerprint density at radius 2 is 2.00 bits per heavy atom. The molecule has 0 unspecified atom stereocenters. The number of rotatable bonds is 1. The summed E-state index contributed by atoms with van der Waals surface area (Å²) >= 11 is 4.79. The first-order valence-electron chi connectivity index (χ1n) is 3.00. The van der Waals surface area contributed by atoms with Crippen molar-refractivity contribution in [3.05, 3.63) is 26.0 Å². The normalized spacial score (nSPS) is 11.7. The molecule has 1 aromatic rings. The van der Waals surface area contributed by atoms with E-state index in [1.54, 1.807) is 22.6 Å². The molecule has 0 aliphatic heterocycles. The maximum atomic E-state index is 13.0. The summed E-state index contributed by atoms with van der Waals surface area (Å²) < 4.78 is 35.7. The van der Waals surface area contributed by atoms with Crippen molar-refractivity contribution < 1.29 is 12.8 Å². The molecule has 72 valence electrons. The van der Waals surface area contributed by atoms with E-state index in [0.29, 0.717) is 4.47 Å². The van der Waals surface area contributed by atoms with Crippen molar-refractivity contribution >= 4 is 48.5 Å². The minimum atomic E-state index is -4.00. The van der Waals surface area contributed by atoms with E-state index >= 15 is 0 Å². The molecule has 0 aromatic heterocycles. The first kappa shape index (κ1) is 11.3. The Labute approximate surface area is 96.8 Å². The Morgan fingerprint density at radius 3 is 2.38 bits per heavy atom. The molecular weight excluding hydrogens is 376 g/mol. The molecule has 0 bridgehead atoms. The maximum absolute atomic E-state index is 13.0. The van der Waals surface area contributed by atoms with Crippen LogP contribution in [0.15, 0.2) is 21.5 Å². The highest BCUT2D eigenvalue weighted by molar-refractivity contribution is 14.1. The Hall–Kier alpha value is 0.270. The first-order valence-corrected chi connectivity index (χ1v) is 6.42. The molecular formula is C6H4BrFINO2S. The zero-order valence-electron chi connectivity index (χ0n) is 6.09. The average Bonchev–Trinajstić information content (AvgIpc) is 1.95. The minimum absolute atomic E-state index is 0.250. The van der Waals surface area contributed by atoms with Crippen molar-refractivity contribution in [3.63, 3.8) is 0 Å². The Kier molecular flexibility index (Phi) is 3.31. The second-order valence-corrected chi connectivity index (χ2v) is 5.65. The van der Waals surface area contributed by atoms with Gasteiger partial charge in [-0.15, -0.1) is 0 Å². The molecule has 1 aromatic carbocycles. The van der Waals surface area contributed by atoms with Gasteiger partial charge in [-0.1, -0.05) is 0 Å². The van der Waals surface area contributed by atoms with E-state index in [9.17, 15) is 12.8 Å². The van der Waals surface area contributed by atoms with Crippen LogP contribution in [0.3, 0.4) is 0 Å². The van der Waals surface area contributed by atoms with Gasteiger partial charge in [-0.25, -0.2) is 17.9 Å². The molecule has 0 fully saturated rings. The molecule has 0 aliphatic carbocycles. The van der Waals surface area contributed by atoms with Gasteiger partial charge in [-0.05, 0) is 50.7 Å². The first-order chi connectivity index (χ1) is 5.84. The summed E-state index contributed by atoms with van der Waals surface area (Å²) in [5, 5.41) is 4.83. The Balaban J connectivity index is 3.62. The highest BCUT2D eigenvalue weighted by Gasteiger charge is 2.19. The lowest BCUT2D eigenvalue weighted by Crippen LogP contribution is -2.15. The van der Waals surface area contributed by atoms with E-state index in [1.807, 2.05) is 0 Å². The van der Waals surface area contributed by atoms with Gasteiger partial charge in [0, 0.05) is 4.47 Å². The van der Waals surface area contributed by atoms with Crippen LogP contribution in [0.1, 0.15) is 0 Å². The van der Waals surface area contributed by atoms with Gasteiger partial charge in [-0.3, -0.25) is 0 Å². The number of benzene rings is 1. The Bertz CT molecular complexity index is 448. The number of nitrogens with two attached hydrogens (primary N) is 1. The van der Waals surface area contributed by atoms with Crippen LogP contribution in [0.25, 0.3) is 0 Å². The van der Waals surface area contributed by atoms with E-state index in [1.165, 1.54) is 6.07 Å². The summed E-state index contributed by atoms with van der Waals surface area (Å²) in [6, 6.07) is 2.47. The fourth-order valence-electron chi connectivity index (χ4n) is 0.769. The number of sulfonamides is 1. The van der Waals surface area contributed by atoms with Crippen molar-refractivity contribution in [2.24, 2.45) is 5.14 Å². The zero-order chi connectivity index (χ0) is 10.2. The van der Waals surface area contributed by atoms with E-state index in [0.717, 1.165) is 6.07 Å². The van der Waals surface area contributed by atoms with Crippen molar-refractivity contribution in [1.29, 1.82) is 0 Å². The topological polar surface area (TPSA) is 60.2 Å². The summed E-state index contributed by atoms with van der Waals surface area (Å²) in [5.41, 5.74) is 0. The summed E-state index contributed by atoms with van der Waals surface area (Å²) in [7, 11) is -4.00. The van der Waals surface area contributed by atoms with Crippen LogP contribution in [0.2, 0.25) is 0 Å². The predicted octanol–water partition coefficient (Wildman–Crippen LogP) is 1.84. The van der Waals surface area contributed by atoms with Crippen molar-refractivity contribution in [1.82, 2.24) is 0 Å². The van der Waals surface area contributed by atoms with Gasteiger partial charge in [0.2, 0.25) is 10.0 Å². The molecule has 0 heterocycles. The highest BCUT2D eigenvalue weighted by Crippen LogP contribution is 2.27. The van der Waals surface area contributed by atoms with Crippen LogP contribution < -0.4 is 5.14 Å². The molecule has 1 rings (SSSR count). The van der Waals surface area contributed by atoms with Crippen molar-refractivity contribution in [3.8, 4) is 0 Å². The second kappa shape index (κ2) is 3.79. The third kappa shape index (κ3) is 2.39. The van der Waals surface area contributed by atoms with Gasteiger partial charge in [0.1, 0.15) is 10.7 Å². The second-order valence-electron chi connectivity index (χ2n) is 2.22. The number of hydrogen-bond donors (Lipinski definition) is 1. The molecule has 0 saturated heterocycles. The third-order valence-corrected chi connectivity index (χ3v) is 5.14. The SMILES string of the molecule is NS(=O)(=O)c1c(F)ccc(Br)c1I. The van der Waals surface area contributed by atoms with Crippen LogP contribution in [0.5, 0.6) is 0 Å². The lowest BCUT2D eigenvalue weighted by atomic mass is 10.3. The van der Waals surface area contributed by atoms with Crippen LogP contribution in [-0.4, -0.2) is 8.42 Å². The lowest BCUT2D eigenvalue weighted by Gasteiger charge is -2.04. The molecule has 0 amide bonds. The van der Waals surface area contributed by atoms with Crippen LogP contribution in [0.4, 0.5) is 4.39 Å². The lowest BCUT2D eigenvalue weighted by molar-refractivity contribution is 0.565. The minimum Gasteiger partial charge on any atom is -0.225 e. The molecule has 0 aliphatic rings. The highest BCUT2D eigenvalue weighted by atomic mass is 127. The van der Waals surface area contributed by atoms with E-state index in [-0.39, 0.29) is 3.57 Å². The molecule has 13 heavy (non-hydrogen) atoms. The van der Waals surface area contributed by atoms with Gasteiger partial charge in [0.05, 0.1) is 3.57 Å². The maximum Gasteiger partial charge on any atom is 0.242 e. The molecule has 2 N–H and O–H groups in total. The predicted molar refractivity (Wildman–Crippen MR) is 58.2 cm³/mol. The van der Waals surface area contributed by atoms with E-state index < -0.39 is 20.7 Å². The van der Waals surface area contributed by atoms with Crippen LogP contribution in [0, 0.1) is 9.39 Å². The number of hydrogen-bond acceptors (Lipinski definition) is 2. The van der Waals surface area contributed by atoms with Gasteiger partial charge in [0.15, 0.2) is 0 Å². The van der Waals surface area contributed by atoms with Gasteiger partial charge in [-0.2, -0.15) is 0 Å². The number of halogens is 3. The van der Waals surface area contributed by atoms with Crippen molar-refractivity contribution in [2.75, 3.05) is 0 Å². The van der Waals surface area contributed by atoms with E-state index in [2.05, 4.69) is 15.9 Å². The van der Waals surface area contributed by atoms with E-state index in [4.69, 9.17) is 5.14 Å². The third-order valence-electron chi connectivity index (χ3n) is 1.29. The standard InChI is InChI=1S/C6H4BrFINO2S/c7-3-1-2-4(8)6(5(3)9)13(10,11)12/h1-2H,(H2,10,11,12). The van der Waals surface area contributed by atoms with Gasteiger partial charge < -0.3 is 0 Å². The van der Waals surface area contributed by atoms with Gasteiger partial charge in [0.25, 0.3) is 0 Å². The quantitative estimate of drug-likeness (QED) is 0.597.